The molecule has 0 saturated carbocycles. The lowest BCUT2D eigenvalue weighted by atomic mass is 10.0. The van der Waals surface area contributed by atoms with E-state index in [0.29, 0.717) is 23.2 Å². The van der Waals surface area contributed by atoms with E-state index in [0.717, 1.165) is 22.8 Å². The summed E-state index contributed by atoms with van der Waals surface area (Å²) in [6, 6.07) is 27.7. The van der Waals surface area contributed by atoms with Crippen LogP contribution < -0.4 is 5.32 Å². The molecule has 4 aromatic rings. The van der Waals surface area contributed by atoms with Crippen molar-refractivity contribution in [1.82, 2.24) is 10.3 Å². The molecule has 1 heterocycles. The van der Waals surface area contributed by atoms with E-state index in [1.165, 1.54) is 0 Å². The number of hydrogen-bond donors (Lipinski definition) is 1. The number of fused-ring (bicyclic) bond motifs is 1. The third-order valence-electron chi connectivity index (χ3n) is 4.85. The maximum atomic E-state index is 13.1. The first-order valence-electron chi connectivity index (χ1n) is 10.00. The minimum atomic E-state index is -0.624. The van der Waals surface area contributed by atoms with E-state index in [1.807, 2.05) is 84.9 Å². The monoisotopic (exact) mass is 404 g/mol. The normalized spacial score (nSPS) is 11.2. The molecule has 1 amide bonds. The van der Waals surface area contributed by atoms with E-state index < -0.39 is 6.04 Å². The van der Waals surface area contributed by atoms with Gasteiger partial charge in [-0.3, -0.25) is 4.79 Å². The van der Waals surface area contributed by atoms with E-state index in [9.17, 15) is 9.59 Å². The minimum absolute atomic E-state index is 0.325. The molecule has 4 nitrogen and oxygen atoms in total. The van der Waals surface area contributed by atoms with Crippen LogP contribution in [0.2, 0.25) is 0 Å². The number of para-hydroxylation sites is 1. The number of amides is 1. The number of carbonyl (C=O) groups excluding carboxylic acids is 2. The molecule has 4 rings (SSSR count). The summed E-state index contributed by atoms with van der Waals surface area (Å²) in [5.74, 6) is 5.80. The molecule has 0 aliphatic carbocycles. The summed E-state index contributed by atoms with van der Waals surface area (Å²) in [6.45, 7) is 0. The van der Waals surface area contributed by atoms with Gasteiger partial charge in [0, 0.05) is 10.9 Å². The minimum Gasteiger partial charge on any atom is -0.342 e. The van der Waals surface area contributed by atoms with Gasteiger partial charge in [0.1, 0.15) is 12.0 Å². The predicted octanol–water partition coefficient (Wildman–Crippen LogP) is 4.17. The Labute approximate surface area is 181 Å². The van der Waals surface area contributed by atoms with Crippen LogP contribution in [0.1, 0.15) is 27.2 Å². The van der Waals surface area contributed by atoms with E-state index in [-0.39, 0.29) is 5.91 Å². The quantitative estimate of drug-likeness (QED) is 0.401. The van der Waals surface area contributed by atoms with Gasteiger partial charge in [0.15, 0.2) is 0 Å². The smallest absolute Gasteiger partial charge is 0.252 e. The van der Waals surface area contributed by atoms with Crippen molar-refractivity contribution in [3.63, 3.8) is 0 Å². The molecule has 0 aliphatic heterocycles. The number of nitrogens with one attached hydrogen (secondary N) is 1. The zero-order valence-electron chi connectivity index (χ0n) is 16.8. The van der Waals surface area contributed by atoms with Crippen molar-refractivity contribution in [2.75, 3.05) is 0 Å². The highest BCUT2D eigenvalue weighted by molar-refractivity contribution is 6.07. The van der Waals surface area contributed by atoms with Crippen molar-refractivity contribution in [2.24, 2.45) is 0 Å². The van der Waals surface area contributed by atoms with Crippen molar-refractivity contribution in [3.8, 4) is 11.8 Å². The van der Waals surface area contributed by atoms with E-state index in [1.54, 1.807) is 6.07 Å². The molecule has 1 N–H and O–H groups in total. The van der Waals surface area contributed by atoms with Crippen LogP contribution in [-0.4, -0.2) is 23.2 Å². The molecule has 0 fully saturated rings. The second-order valence-electron chi connectivity index (χ2n) is 7.09. The van der Waals surface area contributed by atoms with Gasteiger partial charge in [-0.15, -0.1) is 0 Å². The van der Waals surface area contributed by atoms with Crippen LogP contribution >= 0.6 is 0 Å². The maximum absolute atomic E-state index is 13.1. The second-order valence-corrected chi connectivity index (χ2v) is 7.09. The van der Waals surface area contributed by atoms with Crippen LogP contribution in [0.5, 0.6) is 0 Å². The molecule has 0 spiro atoms. The molecular weight excluding hydrogens is 384 g/mol. The number of pyridine rings is 1. The van der Waals surface area contributed by atoms with Gasteiger partial charge in [0.25, 0.3) is 5.91 Å². The van der Waals surface area contributed by atoms with Crippen LogP contribution in [0, 0.1) is 11.8 Å². The van der Waals surface area contributed by atoms with Crippen molar-refractivity contribution in [2.45, 2.75) is 12.5 Å². The Bertz CT molecular complexity index is 1270. The molecule has 0 bridgehead atoms. The lowest BCUT2D eigenvalue weighted by Gasteiger charge is -2.14. The molecule has 3 aromatic carbocycles. The van der Waals surface area contributed by atoms with Gasteiger partial charge in [0.05, 0.1) is 17.1 Å². The molecular formula is C27H20N2O2. The highest BCUT2D eigenvalue weighted by Gasteiger charge is 2.17. The average Bonchev–Trinajstić information content (AvgIpc) is 2.83. The summed E-state index contributed by atoms with van der Waals surface area (Å²) >= 11 is 0. The Balaban J connectivity index is 1.64. The Morgan fingerprint density at radius 1 is 0.903 bits per heavy atom. The van der Waals surface area contributed by atoms with Gasteiger partial charge < -0.3 is 10.1 Å². The molecule has 0 unspecified atom stereocenters. The van der Waals surface area contributed by atoms with Crippen molar-refractivity contribution in [3.05, 3.63) is 113 Å². The number of carbonyl (C=O) groups is 2. The number of hydrogen-bond acceptors (Lipinski definition) is 3. The molecule has 0 radical (unpaired) electrons. The number of aldehydes is 1. The second kappa shape index (κ2) is 9.51. The van der Waals surface area contributed by atoms with Crippen molar-refractivity contribution < 1.29 is 9.59 Å². The average molecular weight is 404 g/mol. The largest absolute Gasteiger partial charge is 0.342 e. The van der Waals surface area contributed by atoms with E-state index >= 15 is 0 Å². The standard InChI is InChI=1S/C27H20N2O2/c30-19-23(17-21-11-5-2-6-12-21)29-27(31)25-18-22(16-15-20-9-3-1-4-10-20)28-26-14-8-7-13-24(25)26/h1-14,18-19,23H,17H2,(H,29,31)/t23-/m0/s1. The molecule has 1 aromatic heterocycles. The fourth-order valence-electron chi connectivity index (χ4n) is 3.33. The van der Waals surface area contributed by atoms with Crippen molar-refractivity contribution >= 4 is 23.1 Å². The zero-order chi connectivity index (χ0) is 21.5. The van der Waals surface area contributed by atoms with Crippen molar-refractivity contribution in [1.29, 1.82) is 0 Å². The number of benzene rings is 3. The first kappa shape index (κ1) is 20.1. The highest BCUT2D eigenvalue weighted by atomic mass is 16.2. The number of rotatable bonds is 5. The fraction of sp³-hybridized carbons (Fsp3) is 0.0741. The Morgan fingerprint density at radius 3 is 2.32 bits per heavy atom. The summed E-state index contributed by atoms with van der Waals surface area (Å²) in [4.78, 5) is 29.3. The predicted molar refractivity (Wildman–Crippen MR) is 122 cm³/mol. The van der Waals surface area contributed by atoms with Crippen LogP contribution in [0.25, 0.3) is 10.9 Å². The van der Waals surface area contributed by atoms with E-state index in [4.69, 9.17) is 0 Å². The number of nitrogens with zero attached hydrogens (tertiary/aromatic N) is 1. The van der Waals surface area contributed by atoms with Crippen LogP contribution in [0.15, 0.2) is 91.0 Å². The molecule has 1 atom stereocenters. The third-order valence-corrected chi connectivity index (χ3v) is 4.85. The lowest BCUT2D eigenvalue weighted by Crippen LogP contribution is -2.37. The maximum Gasteiger partial charge on any atom is 0.252 e. The van der Waals surface area contributed by atoms with Gasteiger partial charge >= 0.3 is 0 Å². The molecule has 0 saturated heterocycles. The Morgan fingerprint density at radius 2 is 1.58 bits per heavy atom. The number of aromatic nitrogens is 1. The van der Waals surface area contributed by atoms with Gasteiger partial charge in [-0.1, -0.05) is 72.7 Å². The van der Waals surface area contributed by atoms with Gasteiger partial charge in [-0.05, 0) is 42.2 Å². The summed E-state index contributed by atoms with van der Waals surface area (Å²) < 4.78 is 0. The highest BCUT2D eigenvalue weighted by Crippen LogP contribution is 2.18. The molecule has 31 heavy (non-hydrogen) atoms. The first-order chi connectivity index (χ1) is 15.2. The molecule has 0 aliphatic rings. The summed E-state index contributed by atoms with van der Waals surface area (Å²) in [6.07, 6.45) is 1.20. The Hall–Kier alpha value is -4.23. The van der Waals surface area contributed by atoms with E-state index in [2.05, 4.69) is 22.1 Å². The van der Waals surface area contributed by atoms with Crippen LogP contribution in [0.3, 0.4) is 0 Å². The summed E-state index contributed by atoms with van der Waals surface area (Å²) in [7, 11) is 0. The van der Waals surface area contributed by atoms with Gasteiger partial charge in [0.2, 0.25) is 0 Å². The first-order valence-corrected chi connectivity index (χ1v) is 10.00. The SMILES string of the molecule is O=C[C@H](Cc1ccccc1)NC(=O)c1cc(C#Cc2ccccc2)nc2ccccc12. The zero-order valence-corrected chi connectivity index (χ0v) is 16.8. The Kier molecular flexibility index (Phi) is 6.16. The van der Waals surface area contributed by atoms with Gasteiger partial charge in [-0.25, -0.2) is 4.98 Å². The molecule has 150 valence electrons. The van der Waals surface area contributed by atoms with Crippen LogP contribution in [0.4, 0.5) is 0 Å². The lowest BCUT2D eigenvalue weighted by molar-refractivity contribution is -0.109. The fourth-order valence-corrected chi connectivity index (χ4v) is 3.33. The van der Waals surface area contributed by atoms with Crippen LogP contribution in [-0.2, 0) is 11.2 Å². The summed E-state index contributed by atoms with van der Waals surface area (Å²) in [5, 5.41) is 3.56. The molecule has 4 heteroatoms. The van der Waals surface area contributed by atoms with Gasteiger partial charge in [-0.2, -0.15) is 0 Å². The summed E-state index contributed by atoms with van der Waals surface area (Å²) in [5.41, 5.74) is 3.47. The topological polar surface area (TPSA) is 59.1 Å². The third kappa shape index (κ3) is 5.04.